The van der Waals surface area contributed by atoms with Crippen LogP contribution in [0.4, 0.5) is 5.69 Å². The molecule has 5 heteroatoms. The summed E-state index contributed by atoms with van der Waals surface area (Å²) in [6, 6.07) is 16.8. The van der Waals surface area contributed by atoms with E-state index in [4.69, 9.17) is 4.52 Å². The Labute approximate surface area is 171 Å². The molecule has 5 nitrogen and oxygen atoms in total. The van der Waals surface area contributed by atoms with Gasteiger partial charge >= 0.3 is 0 Å². The first-order chi connectivity index (χ1) is 14.1. The van der Waals surface area contributed by atoms with Crippen LogP contribution >= 0.6 is 0 Å². The zero-order chi connectivity index (χ0) is 20.0. The van der Waals surface area contributed by atoms with Crippen LogP contribution in [-0.4, -0.2) is 34.5 Å². The van der Waals surface area contributed by atoms with Gasteiger partial charge in [-0.3, -0.25) is 4.90 Å². The highest BCUT2D eigenvalue weighted by Crippen LogP contribution is 2.49. The number of aryl methyl sites for hydroxylation is 2. The van der Waals surface area contributed by atoms with Crippen LogP contribution in [0.5, 0.6) is 0 Å². The van der Waals surface area contributed by atoms with Crippen molar-refractivity contribution in [1.29, 1.82) is 0 Å². The monoisotopic (exact) mass is 389 g/mol. The molecule has 0 saturated carbocycles. The standard InChI is InChI=1S/C24H27N3O2/c1-16-22(17(2)29-26-16)18-11-12-21-20(15-18)24(23(28)25-21,19-9-5-3-6-10-19)27-13-7-4-8-14-27/h3,5-6,9-12,15,23,25,28H,4,7-8,13-14H2,1-2H3. The molecule has 2 aliphatic heterocycles. The first kappa shape index (κ1) is 18.4. The lowest BCUT2D eigenvalue weighted by Gasteiger charge is -2.46. The zero-order valence-electron chi connectivity index (χ0n) is 17.0. The smallest absolute Gasteiger partial charge is 0.151 e. The van der Waals surface area contributed by atoms with Gasteiger partial charge in [-0.05, 0) is 63.0 Å². The number of aliphatic hydroxyl groups is 1. The van der Waals surface area contributed by atoms with Gasteiger partial charge in [-0.2, -0.15) is 0 Å². The summed E-state index contributed by atoms with van der Waals surface area (Å²) in [7, 11) is 0. The lowest BCUT2D eigenvalue weighted by atomic mass is 9.79. The van der Waals surface area contributed by atoms with Crippen molar-refractivity contribution < 1.29 is 9.63 Å². The van der Waals surface area contributed by atoms with E-state index in [1.807, 2.05) is 19.9 Å². The molecular weight excluding hydrogens is 362 g/mol. The van der Waals surface area contributed by atoms with Crippen molar-refractivity contribution in [1.82, 2.24) is 10.1 Å². The van der Waals surface area contributed by atoms with E-state index in [-0.39, 0.29) is 0 Å². The average Bonchev–Trinajstić information content (AvgIpc) is 3.24. The number of aromatic nitrogens is 1. The lowest BCUT2D eigenvalue weighted by Crippen LogP contribution is -2.55. The third-order valence-corrected chi connectivity index (χ3v) is 6.51. The van der Waals surface area contributed by atoms with E-state index in [2.05, 4.69) is 57.8 Å². The van der Waals surface area contributed by atoms with Gasteiger partial charge in [0.05, 0.1) is 5.69 Å². The molecule has 2 aromatic carbocycles. The Kier molecular flexibility index (Phi) is 4.45. The van der Waals surface area contributed by atoms with Gasteiger partial charge in [0, 0.05) is 16.8 Å². The molecule has 0 amide bonds. The summed E-state index contributed by atoms with van der Waals surface area (Å²) in [6.45, 7) is 5.87. The van der Waals surface area contributed by atoms with Gasteiger partial charge in [-0.25, -0.2) is 0 Å². The molecule has 1 fully saturated rings. The second-order valence-corrected chi connectivity index (χ2v) is 8.19. The summed E-state index contributed by atoms with van der Waals surface area (Å²) in [5.74, 6) is 0.817. The number of likely N-dealkylation sites (tertiary alicyclic amines) is 1. The summed E-state index contributed by atoms with van der Waals surface area (Å²) in [4.78, 5) is 2.46. The molecule has 2 aliphatic rings. The van der Waals surface area contributed by atoms with Crippen molar-refractivity contribution >= 4 is 5.69 Å². The average molecular weight is 389 g/mol. The molecule has 3 aromatic rings. The number of nitrogens with one attached hydrogen (secondary N) is 1. The Morgan fingerprint density at radius 3 is 2.52 bits per heavy atom. The maximum absolute atomic E-state index is 11.4. The van der Waals surface area contributed by atoms with Gasteiger partial charge in [0.15, 0.2) is 6.23 Å². The highest BCUT2D eigenvalue weighted by Gasteiger charge is 2.52. The maximum atomic E-state index is 11.4. The Morgan fingerprint density at radius 2 is 1.83 bits per heavy atom. The molecule has 2 unspecified atom stereocenters. The molecule has 1 saturated heterocycles. The second-order valence-electron chi connectivity index (χ2n) is 8.19. The quantitative estimate of drug-likeness (QED) is 0.694. The lowest BCUT2D eigenvalue weighted by molar-refractivity contribution is 0.00340. The van der Waals surface area contributed by atoms with E-state index in [1.165, 1.54) is 6.42 Å². The van der Waals surface area contributed by atoms with Crippen molar-refractivity contribution in [2.75, 3.05) is 18.4 Å². The minimum atomic E-state index is -0.710. The number of benzene rings is 2. The van der Waals surface area contributed by atoms with Gasteiger partial charge < -0.3 is 14.9 Å². The first-order valence-electron chi connectivity index (χ1n) is 10.5. The first-order valence-corrected chi connectivity index (χ1v) is 10.5. The van der Waals surface area contributed by atoms with Crippen molar-refractivity contribution in [3.63, 3.8) is 0 Å². The predicted molar refractivity (Wildman–Crippen MR) is 114 cm³/mol. The zero-order valence-corrected chi connectivity index (χ0v) is 17.0. The van der Waals surface area contributed by atoms with Gasteiger partial charge in [-0.1, -0.05) is 48.0 Å². The van der Waals surface area contributed by atoms with Crippen LogP contribution in [0, 0.1) is 13.8 Å². The molecule has 150 valence electrons. The van der Waals surface area contributed by atoms with Crippen molar-refractivity contribution in [2.24, 2.45) is 0 Å². The van der Waals surface area contributed by atoms with E-state index in [0.29, 0.717) is 0 Å². The number of rotatable bonds is 3. The third kappa shape index (κ3) is 2.72. The van der Waals surface area contributed by atoms with Crippen LogP contribution in [0.1, 0.15) is 41.8 Å². The fraction of sp³-hybridized carbons (Fsp3) is 0.375. The number of anilines is 1. The fourth-order valence-corrected chi connectivity index (χ4v) is 5.21. The molecule has 5 rings (SSSR count). The molecule has 2 atom stereocenters. The Morgan fingerprint density at radius 1 is 1.07 bits per heavy atom. The van der Waals surface area contributed by atoms with Crippen LogP contribution in [0.25, 0.3) is 11.1 Å². The van der Waals surface area contributed by atoms with Gasteiger partial charge in [0.1, 0.15) is 11.3 Å². The molecule has 29 heavy (non-hydrogen) atoms. The van der Waals surface area contributed by atoms with Gasteiger partial charge in [0.2, 0.25) is 0 Å². The largest absolute Gasteiger partial charge is 0.371 e. The predicted octanol–water partition coefficient (Wildman–Crippen LogP) is 4.43. The highest BCUT2D eigenvalue weighted by atomic mass is 16.5. The SMILES string of the molecule is Cc1noc(C)c1-c1ccc2c(c1)C(c1ccccc1)(N1CCCCC1)C(O)N2. The molecule has 0 aliphatic carbocycles. The third-order valence-electron chi connectivity index (χ3n) is 6.51. The van der Waals surface area contributed by atoms with Crippen molar-refractivity contribution in [3.05, 3.63) is 71.1 Å². The van der Waals surface area contributed by atoms with Crippen LogP contribution in [0.15, 0.2) is 53.1 Å². The molecule has 2 N–H and O–H groups in total. The van der Waals surface area contributed by atoms with E-state index < -0.39 is 11.8 Å². The van der Waals surface area contributed by atoms with Crippen LogP contribution in [0.3, 0.4) is 0 Å². The maximum Gasteiger partial charge on any atom is 0.151 e. The molecule has 3 heterocycles. The minimum absolute atomic E-state index is 0.605. The molecule has 1 aromatic heterocycles. The molecule has 0 radical (unpaired) electrons. The van der Waals surface area contributed by atoms with Crippen molar-refractivity contribution in [2.45, 2.75) is 44.9 Å². The number of nitrogens with zero attached hydrogens (tertiary/aromatic N) is 2. The molecule has 0 spiro atoms. The van der Waals surface area contributed by atoms with E-state index >= 15 is 0 Å². The Balaban J connectivity index is 1.74. The topological polar surface area (TPSA) is 61.5 Å². The van der Waals surface area contributed by atoms with Crippen molar-refractivity contribution in [3.8, 4) is 11.1 Å². The van der Waals surface area contributed by atoms with E-state index in [0.717, 1.165) is 65.3 Å². The Hall–Kier alpha value is -2.63. The van der Waals surface area contributed by atoms with Gasteiger partial charge in [-0.15, -0.1) is 0 Å². The van der Waals surface area contributed by atoms with E-state index in [9.17, 15) is 5.11 Å². The minimum Gasteiger partial charge on any atom is -0.371 e. The van der Waals surface area contributed by atoms with Crippen LogP contribution < -0.4 is 5.32 Å². The number of hydrogen-bond acceptors (Lipinski definition) is 5. The summed E-state index contributed by atoms with van der Waals surface area (Å²) in [5.41, 5.74) is 5.63. The fourth-order valence-electron chi connectivity index (χ4n) is 5.21. The number of piperidine rings is 1. The number of aliphatic hydroxyl groups excluding tert-OH is 1. The second kappa shape index (κ2) is 7.01. The van der Waals surface area contributed by atoms with E-state index in [1.54, 1.807) is 0 Å². The summed E-state index contributed by atoms with van der Waals surface area (Å²) in [6.07, 6.45) is 2.84. The van der Waals surface area contributed by atoms with Gasteiger partial charge in [0.25, 0.3) is 0 Å². The Bertz CT molecular complexity index is 1000. The highest BCUT2D eigenvalue weighted by molar-refractivity contribution is 5.75. The summed E-state index contributed by atoms with van der Waals surface area (Å²) >= 11 is 0. The van der Waals surface area contributed by atoms with Crippen LogP contribution in [0.2, 0.25) is 0 Å². The summed E-state index contributed by atoms with van der Waals surface area (Å²) in [5, 5.41) is 18.9. The van der Waals surface area contributed by atoms with Crippen LogP contribution in [-0.2, 0) is 5.54 Å². The number of fused-ring (bicyclic) bond motifs is 1. The normalized spacial score (nSPS) is 24.3. The molecule has 0 bridgehead atoms. The number of hydrogen-bond donors (Lipinski definition) is 2. The molecular formula is C24H27N3O2. The summed E-state index contributed by atoms with van der Waals surface area (Å²) < 4.78 is 5.42.